The Hall–Kier alpha value is -4.88. The van der Waals surface area contributed by atoms with E-state index < -0.39 is 10.5 Å². The molecule has 10 nitrogen and oxygen atoms in total. The summed E-state index contributed by atoms with van der Waals surface area (Å²) in [6.45, 7) is 1.68. The van der Waals surface area contributed by atoms with E-state index in [1.165, 1.54) is 13.2 Å². The number of hydrogen-bond donors (Lipinski definition) is 1. The third-order valence-electron chi connectivity index (χ3n) is 3.74. The Balaban J connectivity index is 2.41. The highest BCUT2D eigenvalue weighted by atomic mass is 16.6. The highest BCUT2D eigenvalue weighted by Crippen LogP contribution is 2.28. The van der Waals surface area contributed by atoms with Crippen molar-refractivity contribution in [2.75, 3.05) is 12.4 Å². The van der Waals surface area contributed by atoms with E-state index in [1.807, 2.05) is 0 Å². The fourth-order valence-corrected chi connectivity index (χ4v) is 2.35. The van der Waals surface area contributed by atoms with Crippen LogP contribution in [0.3, 0.4) is 0 Å². The summed E-state index contributed by atoms with van der Waals surface area (Å²) in [6.07, 6.45) is 0. The monoisotopic (exact) mass is 402 g/mol. The van der Waals surface area contributed by atoms with E-state index in [9.17, 15) is 10.1 Å². The summed E-state index contributed by atoms with van der Waals surface area (Å²) in [5.74, 6) is 0.585. The Morgan fingerprint density at radius 3 is 2.43 bits per heavy atom. The third kappa shape index (κ3) is 5.10. The number of non-ortho nitro benzene ring substituents is 1. The fraction of sp³-hybridized carbons (Fsp3) is 0.100. The highest BCUT2D eigenvalue weighted by Gasteiger charge is 2.14. The Labute approximate surface area is 171 Å². The van der Waals surface area contributed by atoms with E-state index in [4.69, 9.17) is 25.4 Å². The van der Waals surface area contributed by atoms with Crippen LogP contribution in [0.15, 0.2) is 58.9 Å². The van der Waals surface area contributed by atoms with Gasteiger partial charge in [0.2, 0.25) is 0 Å². The van der Waals surface area contributed by atoms with Crippen LogP contribution in [0.2, 0.25) is 0 Å². The SMILES string of the molecule is COc1ccccc1C(C)=NOc1cc(NC(C#N)=C(C#N)C#N)cc([N+](=O)[O-])c1. The number of para-hydroxylation sites is 1. The summed E-state index contributed by atoms with van der Waals surface area (Å²) >= 11 is 0. The molecule has 1 N–H and O–H groups in total. The lowest BCUT2D eigenvalue weighted by Gasteiger charge is -2.09. The second kappa shape index (κ2) is 9.88. The molecule has 0 aromatic heterocycles. The number of anilines is 1. The molecule has 0 fully saturated rings. The van der Waals surface area contributed by atoms with Crippen LogP contribution >= 0.6 is 0 Å². The molecular formula is C20H14N6O4. The topological polar surface area (TPSA) is 157 Å². The van der Waals surface area contributed by atoms with E-state index >= 15 is 0 Å². The number of benzene rings is 2. The number of nitrogens with one attached hydrogen (secondary N) is 1. The van der Waals surface area contributed by atoms with Gasteiger partial charge in [-0.2, -0.15) is 15.8 Å². The van der Waals surface area contributed by atoms with Gasteiger partial charge in [-0.1, -0.05) is 17.3 Å². The van der Waals surface area contributed by atoms with Gasteiger partial charge in [0.1, 0.15) is 29.7 Å². The number of nitro benzene ring substituents is 1. The predicted molar refractivity (Wildman–Crippen MR) is 106 cm³/mol. The molecule has 2 aromatic rings. The summed E-state index contributed by atoms with van der Waals surface area (Å²) < 4.78 is 5.26. The number of allylic oxidation sites excluding steroid dienone is 2. The van der Waals surface area contributed by atoms with Crippen LogP contribution in [0.4, 0.5) is 11.4 Å². The van der Waals surface area contributed by atoms with Gasteiger partial charge in [-0.05, 0) is 19.1 Å². The average Bonchev–Trinajstić information content (AvgIpc) is 2.77. The Kier molecular flexibility index (Phi) is 7.06. The zero-order valence-corrected chi connectivity index (χ0v) is 15.9. The van der Waals surface area contributed by atoms with Gasteiger partial charge in [0.05, 0.1) is 23.8 Å². The fourth-order valence-electron chi connectivity index (χ4n) is 2.35. The van der Waals surface area contributed by atoms with Crippen molar-refractivity contribution in [1.82, 2.24) is 0 Å². The molecule has 2 rings (SSSR count). The smallest absolute Gasteiger partial charge is 0.275 e. The number of nitriles is 3. The predicted octanol–water partition coefficient (Wildman–Crippen LogP) is 3.64. The molecule has 0 aliphatic heterocycles. The van der Waals surface area contributed by atoms with Crippen molar-refractivity contribution in [2.24, 2.45) is 5.16 Å². The lowest BCUT2D eigenvalue weighted by molar-refractivity contribution is -0.384. The van der Waals surface area contributed by atoms with Crippen molar-refractivity contribution in [2.45, 2.75) is 6.92 Å². The first-order valence-electron chi connectivity index (χ1n) is 8.29. The lowest BCUT2D eigenvalue weighted by Crippen LogP contribution is -2.03. The standard InChI is InChI=1S/C20H14N6O4/c1-13(18-5-3-4-6-20(18)29-2)25-30-17-8-15(7-16(9-17)26(27)28)24-19(12-23)14(10-21)11-22/h3-9,24H,1-2H3. The molecule has 0 heterocycles. The summed E-state index contributed by atoms with van der Waals surface area (Å²) in [5, 5.41) is 44.7. The van der Waals surface area contributed by atoms with Crippen LogP contribution in [0.1, 0.15) is 12.5 Å². The van der Waals surface area contributed by atoms with Crippen molar-refractivity contribution in [3.8, 4) is 29.7 Å². The minimum absolute atomic E-state index is 0.00806. The van der Waals surface area contributed by atoms with Crippen LogP contribution in [-0.2, 0) is 0 Å². The normalized spacial score (nSPS) is 10.0. The number of oxime groups is 1. The number of ether oxygens (including phenoxy) is 1. The molecule has 2 aromatic carbocycles. The number of hydrogen-bond acceptors (Lipinski definition) is 9. The number of rotatable bonds is 7. The second-order valence-electron chi connectivity index (χ2n) is 5.65. The molecule has 0 saturated heterocycles. The molecular weight excluding hydrogens is 388 g/mol. The molecule has 0 saturated carbocycles. The zero-order valence-electron chi connectivity index (χ0n) is 15.9. The van der Waals surface area contributed by atoms with Crippen LogP contribution in [0.5, 0.6) is 11.5 Å². The number of nitro groups is 1. The minimum atomic E-state index is -0.653. The summed E-state index contributed by atoms with van der Waals surface area (Å²) in [7, 11) is 1.52. The zero-order chi connectivity index (χ0) is 22.1. The first-order valence-corrected chi connectivity index (χ1v) is 8.29. The van der Waals surface area contributed by atoms with Crippen LogP contribution in [0, 0.1) is 44.1 Å². The first-order chi connectivity index (χ1) is 14.4. The van der Waals surface area contributed by atoms with E-state index in [0.29, 0.717) is 17.0 Å². The maximum absolute atomic E-state index is 11.2. The molecule has 0 aliphatic rings. The summed E-state index contributed by atoms with van der Waals surface area (Å²) in [6, 6.07) is 15.6. The molecule has 0 amide bonds. The van der Waals surface area contributed by atoms with Gasteiger partial charge >= 0.3 is 0 Å². The van der Waals surface area contributed by atoms with Gasteiger partial charge < -0.3 is 14.9 Å². The van der Waals surface area contributed by atoms with Gasteiger partial charge in [0.15, 0.2) is 11.3 Å². The minimum Gasteiger partial charge on any atom is -0.496 e. The molecule has 0 unspecified atom stereocenters. The molecule has 0 bridgehead atoms. The van der Waals surface area contributed by atoms with E-state index in [0.717, 1.165) is 12.1 Å². The van der Waals surface area contributed by atoms with E-state index in [1.54, 1.807) is 49.4 Å². The van der Waals surface area contributed by atoms with Crippen LogP contribution < -0.4 is 14.9 Å². The summed E-state index contributed by atoms with van der Waals surface area (Å²) in [5.41, 5.74) is 0.0574. The maximum Gasteiger partial charge on any atom is 0.275 e. The van der Waals surface area contributed by atoms with Crippen molar-refractivity contribution >= 4 is 17.1 Å². The van der Waals surface area contributed by atoms with Crippen molar-refractivity contribution in [3.05, 3.63) is 69.4 Å². The molecule has 0 atom stereocenters. The largest absolute Gasteiger partial charge is 0.496 e. The van der Waals surface area contributed by atoms with Crippen LogP contribution in [-0.4, -0.2) is 17.7 Å². The van der Waals surface area contributed by atoms with Crippen molar-refractivity contribution < 1.29 is 14.5 Å². The maximum atomic E-state index is 11.2. The van der Waals surface area contributed by atoms with E-state index in [2.05, 4.69) is 10.5 Å². The third-order valence-corrected chi connectivity index (χ3v) is 3.74. The van der Waals surface area contributed by atoms with Gasteiger partial charge in [-0.25, -0.2) is 0 Å². The van der Waals surface area contributed by atoms with E-state index in [-0.39, 0.29) is 22.8 Å². The molecule has 0 spiro atoms. The second-order valence-corrected chi connectivity index (χ2v) is 5.65. The van der Waals surface area contributed by atoms with Crippen molar-refractivity contribution in [1.29, 1.82) is 15.8 Å². The first kappa shape index (κ1) is 21.4. The van der Waals surface area contributed by atoms with Crippen molar-refractivity contribution in [3.63, 3.8) is 0 Å². The quantitative estimate of drug-likeness (QED) is 0.318. The molecule has 10 heteroatoms. The molecule has 30 heavy (non-hydrogen) atoms. The molecule has 0 radical (unpaired) electrons. The number of nitrogens with zero attached hydrogens (tertiary/aromatic N) is 5. The Bertz CT molecular complexity index is 1150. The molecule has 0 aliphatic carbocycles. The van der Waals surface area contributed by atoms with Gasteiger partial charge in [-0.15, -0.1) is 0 Å². The average molecular weight is 402 g/mol. The number of methoxy groups -OCH3 is 1. The lowest BCUT2D eigenvalue weighted by atomic mass is 10.1. The van der Waals surface area contributed by atoms with Gasteiger partial charge in [-0.3, -0.25) is 10.1 Å². The van der Waals surface area contributed by atoms with Gasteiger partial charge in [0, 0.05) is 23.4 Å². The highest BCUT2D eigenvalue weighted by molar-refractivity contribution is 6.00. The Morgan fingerprint density at radius 2 is 1.83 bits per heavy atom. The van der Waals surface area contributed by atoms with Gasteiger partial charge in [0.25, 0.3) is 5.69 Å². The van der Waals surface area contributed by atoms with Crippen LogP contribution in [0.25, 0.3) is 0 Å². The Morgan fingerprint density at radius 1 is 1.13 bits per heavy atom. The molecule has 148 valence electrons. The summed E-state index contributed by atoms with van der Waals surface area (Å²) in [4.78, 5) is 15.9.